The molecular formula is C23H30O6. The molecule has 0 aromatic heterocycles. The average Bonchev–Trinajstić information content (AvgIpc) is 3.00. The Labute approximate surface area is 171 Å². The molecule has 1 aromatic rings. The first kappa shape index (κ1) is 22.9. The fourth-order valence-electron chi connectivity index (χ4n) is 3.36. The second kappa shape index (κ2) is 12.2. The highest BCUT2D eigenvalue weighted by molar-refractivity contribution is 5.70. The fraction of sp³-hybridized carbons (Fsp3) is 0.435. The molecule has 0 spiro atoms. The van der Waals surface area contributed by atoms with Crippen LogP contribution < -0.4 is 4.74 Å². The molecule has 2 rings (SSSR count). The molecular weight excluding hydrogens is 372 g/mol. The summed E-state index contributed by atoms with van der Waals surface area (Å²) in [6.45, 7) is 0.113. The molecule has 29 heavy (non-hydrogen) atoms. The van der Waals surface area contributed by atoms with Crippen LogP contribution in [-0.4, -0.2) is 53.3 Å². The highest BCUT2D eigenvalue weighted by Gasteiger charge is 2.39. The molecule has 0 bridgehead atoms. The van der Waals surface area contributed by atoms with Gasteiger partial charge in [0.15, 0.2) is 0 Å². The number of esters is 1. The second-order valence-corrected chi connectivity index (χ2v) is 7.06. The van der Waals surface area contributed by atoms with Crippen molar-refractivity contribution in [3.05, 3.63) is 66.8 Å². The maximum atomic E-state index is 11.0. The monoisotopic (exact) mass is 402 g/mol. The van der Waals surface area contributed by atoms with Crippen LogP contribution in [-0.2, 0) is 9.53 Å². The summed E-state index contributed by atoms with van der Waals surface area (Å²) in [5, 5.41) is 30.7. The molecule has 6 heteroatoms. The summed E-state index contributed by atoms with van der Waals surface area (Å²) in [4.78, 5) is 11.0. The lowest BCUT2D eigenvalue weighted by molar-refractivity contribution is -0.139. The van der Waals surface area contributed by atoms with Gasteiger partial charge in [-0.25, -0.2) is 0 Å². The maximum Gasteiger partial charge on any atom is 0.309 e. The largest absolute Gasteiger partial charge is 0.491 e. The third-order valence-electron chi connectivity index (χ3n) is 4.94. The number of hydrogen-bond donors (Lipinski definition) is 3. The van der Waals surface area contributed by atoms with Crippen LogP contribution >= 0.6 is 0 Å². The van der Waals surface area contributed by atoms with Gasteiger partial charge in [0.1, 0.15) is 18.5 Å². The quantitative estimate of drug-likeness (QED) is 0.316. The molecule has 0 unspecified atom stereocenters. The molecule has 0 aliphatic heterocycles. The lowest BCUT2D eigenvalue weighted by atomic mass is 9.90. The molecule has 0 radical (unpaired) electrons. The Bertz CT molecular complexity index is 697. The normalized spacial score (nSPS) is 25.8. The van der Waals surface area contributed by atoms with E-state index in [4.69, 9.17) is 4.74 Å². The number of para-hydroxylation sites is 1. The lowest BCUT2D eigenvalue weighted by Crippen LogP contribution is -2.21. The van der Waals surface area contributed by atoms with Gasteiger partial charge in [-0.3, -0.25) is 4.79 Å². The molecule has 1 saturated carbocycles. The summed E-state index contributed by atoms with van der Waals surface area (Å²) < 4.78 is 10.1. The molecule has 1 aliphatic rings. The van der Waals surface area contributed by atoms with Crippen LogP contribution in [0.1, 0.15) is 19.3 Å². The van der Waals surface area contributed by atoms with Gasteiger partial charge in [-0.1, -0.05) is 54.7 Å². The van der Waals surface area contributed by atoms with Gasteiger partial charge >= 0.3 is 5.97 Å². The Morgan fingerprint density at radius 1 is 1.17 bits per heavy atom. The van der Waals surface area contributed by atoms with E-state index in [1.807, 2.05) is 42.5 Å². The Morgan fingerprint density at radius 2 is 1.90 bits per heavy atom. The van der Waals surface area contributed by atoms with E-state index in [0.29, 0.717) is 18.6 Å². The number of aliphatic hydroxyl groups excluding tert-OH is 3. The molecule has 0 saturated heterocycles. The van der Waals surface area contributed by atoms with Crippen molar-refractivity contribution in [2.75, 3.05) is 13.7 Å². The maximum absolute atomic E-state index is 11.0. The minimum atomic E-state index is -0.808. The molecule has 6 nitrogen and oxygen atoms in total. The first-order valence-electron chi connectivity index (χ1n) is 9.80. The van der Waals surface area contributed by atoms with Crippen LogP contribution in [0, 0.1) is 11.8 Å². The van der Waals surface area contributed by atoms with E-state index in [1.54, 1.807) is 24.3 Å². The van der Waals surface area contributed by atoms with E-state index in [0.717, 1.165) is 0 Å². The van der Waals surface area contributed by atoms with Gasteiger partial charge in [0.25, 0.3) is 0 Å². The molecule has 5 atom stereocenters. The van der Waals surface area contributed by atoms with E-state index in [9.17, 15) is 20.1 Å². The predicted octanol–water partition coefficient (Wildman–Crippen LogP) is 2.41. The van der Waals surface area contributed by atoms with E-state index >= 15 is 0 Å². The number of allylic oxidation sites excluding steroid dienone is 3. The molecule has 1 aromatic carbocycles. The Hall–Kier alpha value is -2.41. The molecule has 3 N–H and O–H groups in total. The topological polar surface area (TPSA) is 96.2 Å². The average molecular weight is 402 g/mol. The van der Waals surface area contributed by atoms with Crippen LogP contribution in [0.4, 0.5) is 0 Å². The standard InChI is InChI=1S/C23H30O6/c1-28-23(27)12-8-3-2-7-11-19-20(22(26)15-21(19)25)14-13-17(24)16-29-18-9-5-4-6-10-18/h2-10,13-14,17,19-22,24-26H,11-12,15-16H2,1H3/b7-2+,8-3+,14-13+/t17-,19-,20-,21+,22-/m1/s1. The third-order valence-corrected chi connectivity index (χ3v) is 4.94. The zero-order valence-electron chi connectivity index (χ0n) is 16.6. The summed E-state index contributed by atoms with van der Waals surface area (Å²) in [6, 6.07) is 9.23. The number of hydrogen-bond acceptors (Lipinski definition) is 6. The van der Waals surface area contributed by atoms with E-state index in [-0.39, 0.29) is 30.8 Å². The van der Waals surface area contributed by atoms with Gasteiger partial charge in [-0.2, -0.15) is 0 Å². The van der Waals surface area contributed by atoms with Crippen LogP contribution in [0.25, 0.3) is 0 Å². The second-order valence-electron chi connectivity index (χ2n) is 7.06. The highest BCUT2D eigenvalue weighted by atomic mass is 16.5. The van der Waals surface area contributed by atoms with Gasteiger partial charge in [0.05, 0.1) is 25.7 Å². The first-order valence-corrected chi connectivity index (χ1v) is 9.80. The molecule has 1 aliphatic carbocycles. The van der Waals surface area contributed by atoms with Crippen LogP contribution in [0.5, 0.6) is 5.75 Å². The van der Waals surface area contributed by atoms with Gasteiger partial charge in [-0.15, -0.1) is 0 Å². The van der Waals surface area contributed by atoms with Crippen molar-refractivity contribution < 1.29 is 29.6 Å². The Morgan fingerprint density at radius 3 is 2.62 bits per heavy atom. The zero-order chi connectivity index (χ0) is 21.1. The van der Waals surface area contributed by atoms with Crippen molar-refractivity contribution in [3.63, 3.8) is 0 Å². The van der Waals surface area contributed by atoms with Crippen molar-refractivity contribution >= 4 is 5.97 Å². The summed E-state index contributed by atoms with van der Waals surface area (Å²) in [7, 11) is 1.34. The minimum absolute atomic E-state index is 0.113. The fourth-order valence-corrected chi connectivity index (χ4v) is 3.36. The number of ether oxygens (including phenoxy) is 2. The van der Waals surface area contributed by atoms with E-state index in [1.165, 1.54) is 7.11 Å². The summed E-state index contributed by atoms with van der Waals surface area (Å²) in [5.74, 6) is -0.0163. The van der Waals surface area contributed by atoms with Gasteiger partial charge in [0, 0.05) is 12.3 Å². The number of carbonyl (C=O) groups is 1. The first-order chi connectivity index (χ1) is 14.0. The smallest absolute Gasteiger partial charge is 0.309 e. The van der Waals surface area contributed by atoms with Crippen LogP contribution in [0.3, 0.4) is 0 Å². The zero-order valence-corrected chi connectivity index (χ0v) is 16.6. The molecule has 0 heterocycles. The van der Waals surface area contributed by atoms with E-state index < -0.39 is 18.3 Å². The number of benzene rings is 1. The Balaban J connectivity index is 1.84. The summed E-state index contributed by atoms with van der Waals surface area (Å²) >= 11 is 0. The van der Waals surface area contributed by atoms with Crippen LogP contribution in [0.15, 0.2) is 66.8 Å². The molecule has 0 amide bonds. The number of carbonyl (C=O) groups excluding carboxylic acids is 1. The predicted molar refractivity (Wildman–Crippen MR) is 110 cm³/mol. The van der Waals surface area contributed by atoms with Gasteiger partial charge in [-0.05, 0) is 24.5 Å². The number of aliphatic hydroxyl groups is 3. The van der Waals surface area contributed by atoms with Crippen molar-refractivity contribution in [3.8, 4) is 5.75 Å². The SMILES string of the molecule is COC(=O)C/C=C/C=C/C[C@@H]1[C@@H](/C=C/[C@@H](O)COc2ccccc2)[C@H](O)C[C@@H]1O. The number of methoxy groups -OCH3 is 1. The van der Waals surface area contributed by atoms with Gasteiger partial charge in [0.2, 0.25) is 0 Å². The minimum Gasteiger partial charge on any atom is -0.491 e. The van der Waals surface area contributed by atoms with Crippen molar-refractivity contribution in [1.29, 1.82) is 0 Å². The highest BCUT2D eigenvalue weighted by Crippen LogP contribution is 2.36. The lowest BCUT2D eigenvalue weighted by Gasteiger charge is -2.19. The van der Waals surface area contributed by atoms with Crippen molar-refractivity contribution in [2.45, 2.75) is 37.6 Å². The Kier molecular flexibility index (Phi) is 9.64. The number of rotatable bonds is 10. The van der Waals surface area contributed by atoms with Crippen molar-refractivity contribution in [2.24, 2.45) is 11.8 Å². The van der Waals surface area contributed by atoms with Gasteiger partial charge < -0.3 is 24.8 Å². The molecule has 158 valence electrons. The van der Waals surface area contributed by atoms with E-state index in [2.05, 4.69) is 4.74 Å². The van der Waals surface area contributed by atoms with Crippen LogP contribution in [0.2, 0.25) is 0 Å². The van der Waals surface area contributed by atoms with Crippen molar-refractivity contribution in [1.82, 2.24) is 0 Å². The summed E-state index contributed by atoms with van der Waals surface area (Å²) in [6.07, 6.45) is 9.56. The molecule has 1 fully saturated rings. The third kappa shape index (κ3) is 7.85. The summed E-state index contributed by atoms with van der Waals surface area (Å²) in [5.41, 5.74) is 0.